The largest absolute Gasteiger partial charge is 0.396 e. The second kappa shape index (κ2) is 8.63. The summed E-state index contributed by atoms with van der Waals surface area (Å²) < 4.78 is 4.94. The van der Waals surface area contributed by atoms with E-state index in [4.69, 9.17) is 9.63 Å². The van der Waals surface area contributed by atoms with Gasteiger partial charge in [0, 0.05) is 26.0 Å². The molecule has 1 amide bonds. The smallest absolute Gasteiger partial charge is 0.227 e. The van der Waals surface area contributed by atoms with Gasteiger partial charge in [-0.1, -0.05) is 18.5 Å². The Morgan fingerprint density at radius 3 is 2.84 bits per heavy atom. The van der Waals surface area contributed by atoms with Crippen LogP contribution < -0.4 is 5.32 Å². The fourth-order valence-corrected chi connectivity index (χ4v) is 1.95. The highest BCUT2D eigenvalue weighted by Gasteiger charge is 2.11. The lowest BCUT2D eigenvalue weighted by atomic mass is 10.0. The summed E-state index contributed by atoms with van der Waals surface area (Å²) in [6, 6.07) is 0. The minimum absolute atomic E-state index is 0.0186. The van der Waals surface area contributed by atoms with E-state index in [1.165, 1.54) is 0 Å². The van der Waals surface area contributed by atoms with Crippen LogP contribution >= 0.6 is 0 Å². The Kier molecular flexibility index (Phi) is 7.10. The van der Waals surface area contributed by atoms with E-state index in [1.54, 1.807) is 6.92 Å². The first-order chi connectivity index (χ1) is 9.15. The first kappa shape index (κ1) is 15.6. The quantitative estimate of drug-likeness (QED) is 0.704. The molecule has 19 heavy (non-hydrogen) atoms. The highest BCUT2D eigenvalue weighted by atomic mass is 16.5. The maximum Gasteiger partial charge on any atom is 0.227 e. The lowest BCUT2D eigenvalue weighted by molar-refractivity contribution is -0.121. The summed E-state index contributed by atoms with van der Waals surface area (Å²) in [5.74, 6) is 1.41. The molecule has 6 nitrogen and oxygen atoms in total. The third-order valence-electron chi connectivity index (χ3n) is 2.96. The first-order valence-corrected chi connectivity index (χ1v) is 6.82. The number of aryl methyl sites for hydroxylation is 2. The number of rotatable bonds is 9. The summed E-state index contributed by atoms with van der Waals surface area (Å²) in [4.78, 5) is 15.7. The molecule has 0 bridgehead atoms. The Morgan fingerprint density at radius 2 is 2.26 bits per heavy atom. The zero-order valence-corrected chi connectivity index (χ0v) is 11.7. The third kappa shape index (κ3) is 6.33. The number of nitrogens with one attached hydrogen (secondary N) is 1. The molecule has 0 aliphatic heterocycles. The number of carbonyl (C=O) groups excluding carboxylic acids is 1. The van der Waals surface area contributed by atoms with Crippen molar-refractivity contribution < 1.29 is 14.4 Å². The van der Waals surface area contributed by atoms with Crippen LogP contribution in [0.15, 0.2) is 4.52 Å². The normalized spacial score (nSPS) is 12.4. The molecule has 0 saturated heterocycles. The second-order valence-corrected chi connectivity index (χ2v) is 4.71. The summed E-state index contributed by atoms with van der Waals surface area (Å²) in [5.41, 5.74) is 0. The molecule has 1 heterocycles. The monoisotopic (exact) mass is 269 g/mol. The summed E-state index contributed by atoms with van der Waals surface area (Å²) in [6.45, 7) is 4.64. The molecule has 1 rings (SSSR count). The first-order valence-electron chi connectivity index (χ1n) is 6.82. The molecule has 0 aromatic carbocycles. The van der Waals surface area contributed by atoms with E-state index in [0.29, 0.717) is 37.0 Å². The molecule has 1 aromatic heterocycles. The van der Waals surface area contributed by atoms with E-state index in [0.717, 1.165) is 19.3 Å². The number of hydrogen-bond acceptors (Lipinski definition) is 5. The molecule has 2 N–H and O–H groups in total. The van der Waals surface area contributed by atoms with E-state index in [2.05, 4.69) is 22.4 Å². The van der Waals surface area contributed by atoms with E-state index >= 15 is 0 Å². The van der Waals surface area contributed by atoms with Crippen molar-refractivity contribution in [3.63, 3.8) is 0 Å². The van der Waals surface area contributed by atoms with Crippen LogP contribution in [0.2, 0.25) is 0 Å². The van der Waals surface area contributed by atoms with Crippen LogP contribution in [0, 0.1) is 12.8 Å². The van der Waals surface area contributed by atoms with E-state index < -0.39 is 0 Å². The number of carbonyl (C=O) groups is 1. The minimum Gasteiger partial charge on any atom is -0.396 e. The van der Waals surface area contributed by atoms with Crippen LogP contribution in [0.5, 0.6) is 0 Å². The van der Waals surface area contributed by atoms with Crippen molar-refractivity contribution >= 4 is 5.91 Å². The van der Waals surface area contributed by atoms with Gasteiger partial charge in [-0.15, -0.1) is 0 Å². The summed E-state index contributed by atoms with van der Waals surface area (Å²) in [5, 5.41) is 15.5. The summed E-state index contributed by atoms with van der Waals surface area (Å²) in [6.07, 6.45) is 3.62. The van der Waals surface area contributed by atoms with Crippen molar-refractivity contribution in [2.75, 3.05) is 13.2 Å². The molecule has 0 aliphatic rings. The Balaban J connectivity index is 2.22. The van der Waals surface area contributed by atoms with Crippen LogP contribution in [0.1, 0.15) is 44.3 Å². The van der Waals surface area contributed by atoms with Crippen LogP contribution in [-0.2, 0) is 11.2 Å². The van der Waals surface area contributed by atoms with Gasteiger partial charge in [0.15, 0.2) is 5.82 Å². The Labute approximate surface area is 113 Å². The fraction of sp³-hybridized carbons (Fsp3) is 0.769. The van der Waals surface area contributed by atoms with Crippen LogP contribution in [-0.4, -0.2) is 34.3 Å². The molecule has 0 spiro atoms. The predicted octanol–water partition coefficient (Wildman–Crippen LogP) is 1.23. The fourth-order valence-electron chi connectivity index (χ4n) is 1.95. The van der Waals surface area contributed by atoms with Gasteiger partial charge in [0.1, 0.15) is 0 Å². The van der Waals surface area contributed by atoms with Gasteiger partial charge >= 0.3 is 0 Å². The molecule has 0 fully saturated rings. The SMILES string of the molecule is CCCC(CCO)CNC(=O)CCc1nc(C)no1. The van der Waals surface area contributed by atoms with E-state index in [9.17, 15) is 4.79 Å². The van der Waals surface area contributed by atoms with Gasteiger partial charge in [-0.2, -0.15) is 4.98 Å². The van der Waals surface area contributed by atoms with Crippen molar-refractivity contribution in [3.05, 3.63) is 11.7 Å². The highest BCUT2D eigenvalue weighted by molar-refractivity contribution is 5.75. The minimum atomic E-state index is -0.0186. The molecule has 1 unspecified atom stereocenters. The van der Waals surface area contributed by atoms with Gasteiger partial charge in [0.2, 0.25) is 11.8 Å². The average molecular weight is 269 g/mol. The van der Waals surface area contributed by atoms with Crippen LogP contribution in [0.4, 0.5) is 0 Å². The van der Waals surface area contributed by atoms with Gasteiger partial charge in [0.25, 0.3) is 0 Å². The number of aliphatic hydroxyl groups is 1. The van der Waals surface area contributed by atoms with E-state index in [1.807, 2.05) is 0 Å². The van der Waals surface area contributed by atoms with Crippen molar-refractivity contribution in [1.82, 2.24) is 15.5 Å². The van der Waals surface area contributed by atoms with E-state index in [-0.39, 0.29) is 12.5 Å². The van der Waals surface area contributed by atoms with Crippen molar-refractivity contribution in [2.45, 2.75) is 46.0 Å². The van der Waals surface area contributed by atoms with Gasteiger partial charge in [0.05, 0.1) is 0 Å². The lowest BCUT2D eigenvalue weighted by Crippen LogP contribution is -2.30. The Bertz CT molecular complexity index is 373. The number of aromatic nitrogens is 2. The molecule has 0 saturated carbocycles. The predicted molar refractivity (Wildman–Crippen MR) is 70.5 cm³/mol. The highest BCUT2D eigenvalue weighted by Crippen LogP contribution is 2.09. The molecule has 1 aromatic rings. The van der Waals surface area contributed by atoms with Gasteiger partial charge in [-0.25, -0.2) is 0 Å². The molecular formula is C13H23N3O3. The van der Waals surface area contributed by atoms with Gasteiger partial charge in [-0.3, -0.25) is 4.79 Å². The summed E-state index contributed by atoms with van der Waals surface area (Å²) >= 11 is 0. The average Bonchev–Trinajstić information content (AvgIpc) is 2.80. The maximum atomic E-state index is 11.7. The number of nitrogens with zero attached hydrogens (tertiary/aromatic N) is 2. The number of hydrogen-bond donors (Lipinski definition) is 2. The number of aliphatic hydroxyl groups excluding tert-OH is 1. The maximum absolute atomic E-state index is 11.7. The third-order valence-corrected chi connectivity index (χ3v) is 2.96. The standard InChI is InChI=1S/C13H23N3O3/c1-3-4-11(7-8-17)9-14-12(18)5-6-13-15-10(2)16-19-13/h11,17H,3-9H2,1-2H3,(H,14,18). The van der Waals surface area contributed by atoms with Crippen molar-refractivity contribution in [2.24, 2.45) is 5.92 Å². The van der Waals surface area contributed by atoms with Crippen molar-refractivity contribution in [3.8, 4) is 0 Å². The molecule has 1 atom stereocenters. The number of amides is 1. The van der Waals surface area contributed by atoms with Crippen molar-refractivity contribution in [1.29, 1.82) is 0 Å². The molecule has 0 aliphatic carbocycles. The molecular weight excluding hydrogens is 246 g/mol. The van der Waals surface area contributed by atoms with Crippen LogP contribution in [0.3, 0.4) is 0 Å². The Morgan fingerprint density at radius 1 is 1.47 bits per heavy atom. The topological polar surface area (TPSA) is 88.2 Å². The Hall–Kier alpha value is -1.43. The second-order valence-electron chi connectivity index (χ2n) is 4.71. The zero-order valence-electron chi connectivity index (χ0n) is 11.7. The molecule has 0 radical (unpaired) electrons. The van der Waals surface area contributed by atoms with Crippen LogP contribution in [0.25, 0.3) is 0 Å². The van der Waals surface area contributed by atoms with Gasteiger partial charge in [-0.05, 0) is 25.7 Å². The van der Waals surface area contributed by atoms with Gasteiger partial charge < -0.3 is 14.9 Å². The lowest BCUT2D eigenvalue weighted by Gasteiger charge is -2.15. The summed E-state index contributed by atoms with van der Waals surface area (Å²) in [7, 11) is 0. The zero-order chi connectivity index (χ0) is 14.1. The molecule has 108 valence electrons. The molecule has 6 heteroatoms.